The summed E-state index contributed by atoms with van der Waals surface area (Å²) in [4.78, 5) is 7.44. The first-order valence-electron chi connectivity index (χ1n) is 10.9. The fourth-order valence-corrected chi connectivity index (χ4v) is 5.27. The largest absolute Gasteiger partial charge is 0.379 e. The Labute approximate surface area is 203 Å². The maximum absolute atomic E-state index is 12.6. The summed E-state index contributed by atoms with van der Waals surface area (Å²) in [5.41, 5.74) is 0.980. The molecule has 0 bridgehead atoms. The van der Waals surface area contributed by atoms with Gasteiger partial charge in [-0.05, 0) is 44.4 Å². The fraction of sp³-hybridized carbons (Fsp3) is 0.667. The number of sulfonamides is 1. The van der Waals surface area contributed by atoms with Crippen molar-refractivity contribution in [3.63, 3.8) is 0 Å². The summed E-state index contributed by atoms with van der Waals surface area (Å²) in [5.74, 6) is 0.770. The number of aliphatic imine (C=N–C) groups is 1. The second kappa shape index (κ2) is 12.9. The predicted octanol–water partition coefficient (Wildman–Crippen LogP) is 1.86. The SMILES string of the molecule is CCNC(=NCc1ccc(S(=O)(=O)N2CCCC2)cc1)NCC(C)N1CCOCC1.I. The van der Waals surface area contributed by atoms with Gasteiger partial charge in [0.2, 0.25) is 10.0 Å². The van der Waals surface area contributed by atoms with Crippen LogP contribution in [-0.2, 0) is 21.3 Å². The minimum atomic E-state index is -3.37. The number of rotatable bonds is 8. The molecule has 2 aliphatic heterocycles. The van der Waals surface area contributed by atoms with Crippen molar-refractivity contribution >= 4 is 40.0 Å². The molecule has 3 rings (SSSR count). The molecule has 176 valence electrons. The van der Waals surface area contributed by atoms with E-state index in [1.54, 1.807) is 16.4 Å². The lowest BCUT2D eigenvalue weighted by Crippen LogP contribution is -2.49. The number of hydrogen-bond donors (Lipinski definition) is 2. The van der Waals surface area contributed by atoms with Gasteiger partial charge < -0.3 is 15.4 Å². The van der Waals surface area contributed by atoms with Crippen molar-refractivity contribution in [2.24, 2.45) is 4.99 Å². The van der Waals surface area contributed by atoms with E-state index in [0.29, 0.717) is 30.6 Å². The fourth-order valence-electron chi connectivity index (χ4n) is 3.75. The third-order valence-electron chi connectivity index (χ3n) is 5.62. The van der Waals surface area contributed by atoms with E-state index in [0.717, 1.165) is 63.8 Å². The summed E-state index contributed by atoms with van der Waals surface area (Å²) in [6.45, 7) is 11.1. The van der Waals surface area contributed by atoms with Gasteiger partial charge in [0.05, 0.1) is 24.7 Å². The van der Waals surface area contributed by atoms with Gasteiger partial charge >= 0.3 is 0 Å². The van der Waals surface area contributed by atoms with E-state index < -0.39 is 10.0 Å². The number of halogens is 1. The molecular weight excluding hydrogens is 529 g/mol. The standard InChI is InChI=1S/C21H35N5O3S.HI/c1-3-22-21(23-16-18(2)25-12-14-29-15-13-25)24-17-19-6-8-20(9-7-19)30(27,28)26-10-4-5-11-26;/h6-9,18H,3-5,10-17H2,1-2H3,(H2,22,23,24);1H. The Morgan fingerprint density at radius 1 is 1.10 bits per heavy atom. The Balaban J connectivity index is 0.00000341. The van der Waals surface area contributed by atoms with Gasteiger partial charge in [-0.25, -0.2) is 13.4 Å². The van der Waals surface area contributed by atoms with Crippen LogP contribution in [0.2, 0.25) is 0 Å². The molecule has 2 heterocycles. The van der Waals surface area contributed by atoms with Gasteiger partial charge in [0, 0.05) is 45.3 Å². The van der Waals surface area contributed by atoms with Crippen molar-refractivity contribution in [1.29, 1.82) is 0 Å². The van der Waals surface area contributed by atoms with Gasteiger partial charge in [0.25, 0.3) is 0 Å². The normalized spacial score (nSPS) is 19.6. The molecule has 2 saturated heterocycles. The van der Waals surface area contributed by atoms with Crippen molar-refractivity contribution in [3.8, 4) is 0 Å². The second-order valence-corrected chi connectivity index (χ2v) is 9.77. The average molecular weight is 566 g/mol. The zero-order valence-corrected chi connectivity index (χ0v) is 21.7. The Morgan fingerprint density at radius 3 is 2.35 bits per heavy atom. The van der Waals surface area contributed by atoms with Crippen LogP contribution in [0.5, 0.6) is 0 Å². The molecule has 31 heavy (non-hydrogen) atoms. The van der Waals surface area contributed by atoms with Gasteiger partial charge in [-0.15, -0.1) is 24.0 Å². The highest BCUT2D eigenvalue weighted by Crippen LogP contribution is 2.21. The monoisotopic (exact) mass is 565 g/mol. The lowest BCUT2D eigenvalue weighted by Gasteiger charge is -2.32. The van der Waals surface area contributed by atoms with E-state index >= 15 is 0 Å². The number of guanidine groups is 1. The lowest BCUT2D eigenvalue weighted by atomic mass is 10.2. The Hall–Kier alpha value is -0.950. The molecule has 2 N–H and O–H groups in total. The third kappa shape index (κ3) is 7.55. The van der Waals surface area contributed by atoms with E-state index in [1.807, 2.05) is 19.1 Å². The van der Waals surface area contributed by atoms with Crippen LogP contribution in [0.3, 0.4) is 0 Å². The molecule has 10 heteroatoms. The van der Waals surface area contributed by atoms with E-state index in [2.05, 4.69) is 27.4 Å². The Kier molecular flexibility index (Phi) is 11.0. The highest BCUT2D eigenvalue weighted by atomic mass is 127. The number of ether oxygens (including phenoxy) is 1. The maximum Gasteiger partial charge on any atom is 0.243 e. The number of hydrogen-bond acceptors (Lipinski definition) is 5. The number of benzene rings is 1. The quantitative estimate of drug-likeness (QED) is 0.285. The third-order valence-corrected chi connectivity index (χ3v) is 7.54. The van der Waals surface area contributed by atoms with E-state index in [1.165, 1.54) is 0 Å². The molecule has 0 radical (unpaired) electrons. The van der Waals surface area contributed by atoms with Crippen LogP contribution in [0.4, 0.5) is 0 Å². The van der Waals surface area contributed by atoms with Crippen LogP contribution in [0, 0.1) is 0 Å². The van der Waals surface area contributed by atoms with Crippen molar-refractivity contribution in [1.82, 2.24) is 19.8 Å². The van der Waals surface area contributed by atoms with Crippen molar-refractivity contribution in [2.75, 3.05) is 52.5 Å². The van der Waals surface area contributed by atoms with Crippen molar-refractivity contribution < 1.29 is 13.2 Å². The van der Waals surface area contributed by atoms with Crippen LogP contribution in [0.1, 0.15) is 32.3 Å². The number of nitrogens with zero attached hydrogens (tertiary/aromatic N) is 3. The topological polar surface area (TPSA) is 86.3 Å². The van der Waals surface area contributed by atoms with E-state index in [9.17, 15) is 8.42 Å². The summed E-state index contributed by atoms with van der Waals surface area (Å²) in [6, 6.07) is 7.49. The summed E-state index contributed by atoms with van der Waals surface area (Å²) >= 11 is 0. The van der Waals surface area contributed by atoms with Gasteiger partial charge in [0.15, 0.2) is 5.96 Å². The summed E-state index contributed by atoms with van der Waals surface area (Å²) in [7, 11) is -3.37. The van der Waals surface area contributed by atoms with Crippen molar-refractivity contribution in [3.05, 3.63) is 29.8 Å². The Bertz CT molecular complexity index is 792. The van der Waals surface area contributed by atoms with Crippen LogP contribution in [0.15, 0.2) is 34.2 Å². The van der Waals surface area contributed by atoms with Gasteiger partial charge in [-0.1, -0.05) is 12.1 Å². The molecule has 0 aromatic heterocycles. The van der Waals surface area contributed by atoms with Crippen molar-refractivity contribution in [2.45, 2.75) is 44.2 Å². The van der Waals surface area contributed by atoms with Gasteiger partial charge in [-0.3, -0.25) is 4.90 Å². The molecule has 0 spiro atoms. The zero-order valence-electron chi connectivity index (χ0n) is 18.5. The van der Waals surface area contributed by atoms with Crippen LogP contribution in [0.25, 0.3) is 0 Å². The average Bonchev–Trinajstić information content (AvgIpc) is 3.32. The second-order valence-electron chi connectivity index (χ2n) is 7.83. The first-order chi connectivity index (χ1) is 14.5. The molecule has 1 aromatic carbocycles. The molecule has 0 amide bonds. The van der Waals surface area contributed by atoms with E-state index in [4.69, 9.17) is 4.74 Å². The molecule has 1 unspecified atom stereocenters. The minimum absolute atomic E-state index is 0. The highest BCUT2D eigenvalue weighted by Gasteiger charge is 2.26. The molecule has 0 aliphatic carbocycles. The number of morpholine rings is 1. The molecule has 2 aliphatic rings. The molecule has 0 saturated carbocycles. The molecule has 8 nitrogen and oxygen atoms in total. The Morgan fingerprint density at radius 2 is 1.74 bits per heavy atom. The minimum Gasteiger partial charge on any atom is -0.379 e. The predicted molar refractivity (Wildman–Crippen MR) is 135 cm³/mol. The van der Waals surface area contributed by atoms with Gasteiger partial charge in [-0.2, -0.15) is 4.31 Å². The molecule has 2 fully saturated rings. The smallest absolute Gasteiger partial charge is 0.243 e. The first-order valence-corrected chi connectivity index (χ1v) is 12.4. The van der Waals surface area contributed by atoms with Gasteiger partial charge in [0.1, 0.15) is 0 Å². The van der Waals surface area contributed by atoms with Crippen LogP contribution < -0.4 is 10.6 Å². The first kappa shape index (κ1) is 26.3. The lowest BCUT2D eigenvalue weighted by molar-refractivity contribution is 0.0211. The van der Waals surface area contributed by atoms with Crippen LogP contribution in [-0.4, -0.2) is 82.1 Å². The highest BCUT2D eigenvalue weighted by molar-refractivity contribution is 14.0. The maximum atomic E-state index is 12.6. The van der Waals surface area contributed by atoms with E-state index in [-0.39, 0.29) is 24.0 Å². The summed E-state index contributed by atoms with van der Waals surface area (Å²) < 4.78 is 32.3. The molecule has 1 aromatic rings. The van der Waals surface area contributed by atoms with Crippen LogP contribution >= 0.6 is 24.0 Å². The number of nitrogens with one attached hydrogen (secondary N) is 2. The molecule has 1 atom stereocenters. The summed E-state index contributed by atoms with van der Waals surface area (Å²) in [6.07, 6.45) is 1.88. The zero-order chi connectivity index (χ0) is 21.4. The summed E-state index contributed by atoms with van der Waals surface area (Å²) in [5, 5.41) is 6.69. The molecular formula is C21H36IN5O3S.